The van der Waals surface area contributed by atoms with Crippen LogP contribution in [0, 0.1) is 5.82 Å². The van der Waals surface area contributed by atoms with Gasteiger partial charge in [0.1, 0.15) is 5.82 Å². The maximum absolute atomic E-state index is 14.4. The predicted octanol–water partition coefficient (Wildman–Crippen LogP) is 4.82. The van der Waals surface area contributed by atoms with Crippen molar-refractivity contribution in [2.45, 2.75) is 24.5 Å². The summed E-state index contributed by atoms with van der Waals surface area (Å²) in [5.41, 5.74) is 0.0684. The predicted molar refractivity (Wildman–Crippen MR) is 101 cm³/mol. The Morgan fingerprint density at radius 2 is 1.96 bits per heavy atom. The van der Waals surface area contributed by atoms with Crippen LogP contribution in [0.25, 0.3) is 22.3 Å². The largest absolute Gasteiger partial charge is 0.394 e. The van der Waals surface area contributed by atoms with E-state index in [9.17, 15) is 18.3 Å². The fraction of sp³-hybridized carbons (Fsp3) is 0.250. The first-order valence-corrected chi connectivity index (χ1v) is 9.13. The molecule has 0 aliphatic heterocycles. The smallest absolute Gasteiger partial charge is 0.269 e. The number of nitrogens with zero attached hydrogens (tertiary/aromatic N) is 2. The summed E-state index contributed by atoms with van der Waals surface area (Å²) in [6.07, 6.45) is 3.26. The van der Waals surface area contributed by atoms with E-state index < -0.39 is 17.4 Å². The van der Waals surface area contributed by atoms with Crippen LogP contribution in [0.4, 0.5) is 13.2 Å². The van der Waals surface area contributed by atoms with Gasteiger partial charge in [0.15, 0.2) is 0 Å². The normalized spacial score (nSPS) is 16.9. The van der Waals surface area contributed by atoms with Crippen molar-refractivity contribution in [1.82, 2.24) is 9.78 Å². The molecule has 2 aromatic carbocycles. The molecule has 2 unspecified atom stereocenters. The summed E-state index contributed by atoms with van der Waals surface area (Å²) < 4.78 is 44.8. The first-order valence-electron chi connectivity index (χ1n) is 8.56. The molecule has 3 atom stereocenters. The van der Waals surface area contributed by atoms with Crippen molar-refractivity contribution in [1.29, 1.82) is 0 Å². The van der Waals surface area contributed by atoms with Crippen molar-refractivity contribution < 1.29 is 18.3 Å². The Hall–Kier alpha value is -2.17. The summed E-state index contributed by atoms with van der Waals surface area (Å²) >= 11 is 0. The van der Waals surface area contributed by atoms with Gasteiger partial charge in [-0.15, -0.1) is 0 Å². The molecule has 0 radical (unpaired) electrons. The molecule has 1 heterocycles. The van der Waals surface area contributed by atoms with E-state index in [0.717, 1.165) is 0 Å². The van der Waals surface area contributed by atoms with Crippen LogP contribution in [0.3, 0.4) is 0 Å². The van der Waals surface area contributed by atoms with Gasteiger partial charge >= 0.3 is 0 Å². The minimum atomic E-state index is -3.11. The highest BCUT2D eigenvalue weighted by Crippen LogP contribution is 2.56. The average Bonchev–Trinajstić information content (AvgIpc) is 3.22. The molecule has 1 N–H and O–H groups in total. The quantitative estimate of drug-likeness (QED) is 0.649. The lowest BCUT2D eigenvalue weighted by Crippen LogP contribution is -2.18. The number of fused-ring (bicyclic) bond motifs is 3. The number of rotatable bonds is 4. The first kappa shape index (κ1) is 18.2. The minimum absolute atomic E-state index is 0.0907. The van der Waals surface area contributed by atoms with Crippen LogP contribution in [0.15, 0.2) is 48.8 Å². The van der Waals surface area contributed by atoms with Crippen molar-refractivity contribution in [3.63, 3.8) is 0 Å². The molecule has 1 aliphatic rings. The molecule has 0 saturated carbocycles. The molecule has 7 heteroatoms. The summed E-state index contributed by atoms with van der Waals surface area (Å²) in [4.78, 5) is 0. The van der Waals surface area contributed by atoms with Crippen molar-refractivity contribution in [2.24, 2.45) is 0 Å². The number of halogens is 3. The van der Waals surface area contributed by atoms with Crippen LogP contribution < -0.4 is 0 Å². The van der Waals surface area contributed by atoms with E-state index in [4.69, 9.17) is 0 Å². The summed E-state index contributed by atoms with van der Waals surface area (Å²) in [5.74, 6) is -1.80. The number of aromatic nitrogens is 2. The van der Waals surface area contributed by atoms with Crippen LogP contribution in [-0.2, 0) is 0 Å². The maximum atomic E-state index is 14.4. The highest BCUT2D eigenvalue weighted by Gasteiger charge is 2.44. The van der Waals surface area contributed by atoms with Gasteiger partial charge in [0, 0.05) is 11.8 Å². The molecule has 27 heavy (non-hydrogen) atoms. The van der Waals surface area contributed by atoms with Gasteiger partial charge < -0.3 is 5.11 Å². The van der Waals surface area contributed by atoms with Crippen molar-refractivity contribution in [2.75, 3.05) is 6.61 Å². The molecular weight excluding hydrogens is 372 g/mol. The molecule has 0 bridgehead atoms. The molecule has 0 fully saturated rings. The number of benzene rings is 2. The maximum Gasteiger partial charge on any atom is 0.269 e. The third-order valence-corrected chi connectivity index (χ3v) is 5.33. The molecule has 1 aromatic heterocycles. The Kier molecular flexibility index (Phi) is 4.36. The Bertz CT molecular complexity index is 1010. The number of aliphatic hydroxyl groups excluding tert-OH is 1. The molecule has 4 rings (SSSR count). The van der Waals surface area contributed by atoms with Crippen molar-refractivity contribution >= 4 is 9.24 Å². The van der Waals surface area contributed by atoms with E-state index >= 15 is 0 Å². The van der Waals surface area contributed by atoms with E-state index in [1.807, 2.05) is 0 Å². The standard InChI is InChI=1S/C20H18F3N2OP/c1-11(10-26)25-9-12(8-24-25)16-6-13(21)7-17-18(16)14-4-2-3-5-15(14)19(17)20(22,23)27/h2-9,11,19,26H,10,27H2,1H3/t11?,19-/m0/s1. The van der Waals surface area contributed by atoms with E-state index in [2.05, 4.69) is 5.10 Å². The van der Waals surface area contributed by atoms with Crippen LogP contribution in [0.2, 0.25) is 0 Å². The van der Waals surface area contributed by atoms with Crippen LogP contribution in [-0.4, -0.2) is 27.2 Å². The number of hydrogen-bond donors (Lipinski definition) is 1. The van der Waals surface area contributed by atoms with Gasteiger partial charge in [0.05, 0.1) is 24.8 Å². The number of aliphatic hydroxyl groups is 1. The molecule has 3 nitrogen and oxygen atoms in total. The Balaban J connectivity index is 1.97. The second-order valence-electron chi connectivity index (χ2n) is 6.85. The fourth-order valence-corrected chi connectivity index (χ4v) is 4.10. The molecular formula is C20H18F3N2OP. The molecule has 3 aromatic rings. The highest BCUT2D eigenvalue weighted by atomic mass is 31.0. The molecule has 0 spiro atoms. The van der Waals surface area contributed by atoms with Gasteiger partial charge in [0.2, 0.25) is 0 Å². The molecule has 1 aliphatic carbocycles. The summed E-state index contributed by atoms with van der Waals surface area (Å²) in [6.45, 7) is 1.71. The molecule has 0 amide bonds. The van der Waals surface area contributed by atoms with Crippen LogP contribution in [0.5, 0.6) is 0 Å². The average molecular weight is 390 g/mol. The third kappa shape index (κ3) is 2.97. The zero-order valence-electron chi connectivity index (χ0n) is 14.5. The highest BCUT2D eigenvalue weighted by molar-refractivity contribution is 7.18. The zero-order chi connectivity index (χ0) is 19.3. The number of hydrogen-bond acceptors (Lipinski definition) is 2. The van der Waals surface area contributed by atoms with Crippen LogP contribution in [0.1, 0.15) is 30.0 Å². The lowest BCUT2D eigenvalue weighted by molar-refractivity contribution is 0.0869. The van der Waals surface area contributed by atoms with Crippen molar-refractivity contribution in [3.8, 4) is 22.3 Å². The fourth-order valence-electron chi connectivity index (χ4n) is 3.74. The van der Waals surface area contributed by atoms with Gasteiger partial charge in [-0.1, -0.05) is 33.5 Å². The van der Waals surface area contributed by atoms with Gasteiger partial charge in [-0.05, 0) is 46.9 Å². The first-order chi connectivity index (χ1) is 12.8. The van der Waals surface area contributed by atoms with E-state index in [1.165, 1.54) is 12.1 Å². The van der Waals surface area contributed by atoms with Gasteiger partial charge in [0.25, 0.3) is 5.66 Å². The lowest BCUT2D eigenvalue weighted by atomic mass is 9.93. The molecule has 0 saturated heterocycles. The van der Waals surface area contributed by atoms with E-state index in [-0.39, 0.29) is 18.2 Å². The van der Waals surface area contributed by atoms with Gasteiger partial charge in [-0.2, -0.15) is 5.10 Å². The monoisotopic (exact) mass is 390 g/mol. The van der Waals surface area contributed by atoms with E-state index in [1.54, 1.807) is 57.5 Å². The third-order valence-electron chi connectivity index (χ3n) is 5.00. The second kappa shape index (κ2) is 6.47. The Morgan fingerprint density at radius 1 is 1.22 bits per heavy atom. The summed E-state index contributed by atoms with van der Waals surface area (Å²) in [5, 5.41) is 13.5. The summed E-state index contributed by atoms with van der Waals surface area (Å²) in [7, 11) is 1.59. The number of alkyl halides is 2. The van der Waals surface area contributed by atoms with E-state index in [0.29, 0.717) is 27.8 Å². The Morgan fingerprint density at radius 3 is 2.67 bits per heavy atom. The summed E-state index contributed by atoms with van der Waals surface area (Å²) in [6, 6.07) is 9.26. The van der Waals surface area contributed by atoms with Gasteiger partial charge in [-0.25, -0.2) is 13.2 Å². The van der Waals surface area contributed by atoms with Crippen molar-refractivity contribution in [3.05, 3.63) is 65.7 Å². The topological polar surface area (TPSA) is 38.0 Å². The Labute approximate surface area is 157 Å². The second-order valence-corrected chi connectivity index (χ2v) is 7.62. The SMILES string of the molecule is CC(CO)n1cc(-c2cc(F)cc3c2-c2ccccc2[C@@H]3C(F)(F)P)cn1. The zero-order valence-corrected chi connectivity index (χ0v) is 15.7. The lowest BCUT2D eigenvalue weighted by Gasteiger charge is -2.21. The minimum Gasteiger partial charge on any atom is -0.394 e. The van der Waals surface area contributed by atoms with Gasteiger partial charge in [-0.3, -0.25) is 4.68 Å². The van der Waals surface area contributed by atoms with Crippen LogP contribution >= 0.6 is 9.24 Å². The molecule has 140 valence electrons.